The molecule has 2 heterocycles. The molecular weight excluding hydrogens is 320 g/mol. The number of aryl methyl sites for hydroxylation is 1. The van der Waals surface area contributed by atoms with Gasteiger partial charge in [-0.1, -0.05) is 30.3 Å². The Labute approximate surface area is 146 Å². The normalized spacial score (nSPS) is 17.4. The van der Waals surface area contributed by atoms with Gasteiger partial charge in [0.2, 0.25) is 5.91 Å². The first kappa shape index (κ1) is 17.2. The number of aromatic amines is 1. The number of carbonyl (C=O) groups excluding carboxylic acids is 1. The van der Waals surface area contributed by atoms with E-state index in [0.29, 0.717) is 32.6 Å². The van der Waals surface area contributed by atoms with E-state index in [4.69, 9.17) is 9.84 Å². The van der Waals surface area contributed by atoms with E-state index in [9.17, 15) is 9.59 Å². The maximum absolute atomic E-state index is 12.5. The SMILES string of the molecule is O=C(O)C[C@H]1COCCN1C(=O)CCc1ccc(-c2ccccc2)[nH]1. The largest absolute Gasteiger partial charge is 0.481 e. The predicted octanol–water partition coefficient (Wildman–Crippen LogP) is 2.32. The summed E-state index contributed by atoms with van der Waals surface area (Å²) in [5.41, 5.74) is 3.13. The molecule has 1 aliphatic rings. The van der Waals surface area contributed by atoms with Crippen molar-refractivity contribution in [2.24, 2.45) is 0 Å². The summed E-state index contributed by atoms with van der Waals surface area (Å²) in [5, 5.41) is 8.99. The Morgan fingerprint density at radius 3 is 2.76 bits per heavy atom. The number of carboxylic acids is 1. The summed E-state index contributed by atoms with van der Waals surface area (Å²) in [5.74, 6) is -0.935. The van der Waals surface area contributed by atoms with E-state index in [1.54, 1.807) is 4.90 Å². The van der Waals surface area contributed by atoms with E-state index in [0.717, 1.165) is 17.0 Å². The fourth-order valence-corrected chi connectivity index (χ4v) is 3.11. The zero-order chi connectivity index (χ0) is 17.6. The lowest BCUT2D eigenvalue weighted by atomic mass is 10.1. The number of hydrogen-bond acceptors (Lipinski definition) is 3. The van der Waals surface area contributed by atoms with E-state index in [1.807, 2.05) is 42.5 Å². The third-order valence-corrected chi connectivity index (χ3v) is 4.40. The zero-order valence-corrected chi connectivity index (χ0v) is 14.0. The highest BCUT2D eigenvalue weighted by molar-refractivity contribution is 5.78. The van der Waals surface area contributed by atoms with Crippen LogP contribution in [0.25, 0.3) is 11.3 Å². The molecule has 6 heteroatoms. The molecule has 1 aromatic carbocycles. The number of aromatic nitrogens is 1. The summed E-state index contributed by atoms with van der Waals surface area (Å²) in [4.78, 5) is 28.5. The van der Waals surface area contributed by atoms with Crippen molar-refractivity contribution in [3.8, 4) is 11.3 Å². The second-order valence-corrected chi connectivity index (χ2v) is 6.18. The van der Waals surface area contributed by atoms with Crippen LogP contribution in [-0.2, 0) is 20.7 Å². The Hall–Kier alpha value is -2.60. The highest BCUT2D eigenvalue weighted by Crippen LogP contribution is 2.19. The van der Waals surface area contributed by atoms with E-state index in [2.05, 4.69) is 4.98 Å². The smallest absolute Gasteiger partial charge is 0.305 e. The minimum absolute atomic E-state index is 0.0228. The predicted molar refractivity (Wildman–Crippen MR) is 93.1 cm³/mol. The first-order valence-corrected chi connectivity index (χ1v) is 8.46. The van der Waals surface area contributed by atoms with Gasteiger partial charge >= 0.3 is 5.97 Å². The van der Waals surface area contributed by atoms with Crippen molar-refractivity contribution in [3.05, 3.63) is 48.2 Å². The topological polar surface area (TPSA) is 82.6 Å². The average Bonchev–Trinajstić information content (AvgIpc) is 3.09. The van der Waals surface area contributed by atoms with Crippen molar-refractivity contribution in [3.63, 3.8) is 0 Å². The Morgan fingerprint density at radius 2 is 2.00 bits per heavy atom. The Bertz CT molecular complexity index is 726. The molecule has 0 aliphatic carbocycles. The molecule has 1 amide bonds. The summed E-state index contributed by atoms with van der Waals surface area (Å²) in [6.45, 7) is 1.21. The molecule has 2 aromatic rings. The molecule has 3 rings (SSSR count). The third kappa shape index (κ3) is 4.48. The van der Waals surface area contributed by atoms with Crippen molar-refractivity contribution >= 4 is 11.9 Å². The molecule has 0 radical (unpaired) electrons. The fraction of sp³-hybridized carbons (Fsp3) is 0.368. The number of H-pyrrole nitrogens is 1. The maximum atomic E-state index is 12.5. The highest BCUT2D eigenvalue weighted by Gasteiger charge is 2.28. The van der Waals surface area contributed by atoms with Gasteiger partial charge in [0.25, 0.3) is 0 Å². The van der Waals surface area contributed by atoms with Crippen LogP contribution in [0.4, 0.5) is 0 Å². The number of carboxylic acid groups (broad SMARTS) is 1. The summed E-state index contributed by atoms with van der Waals surface area (Å²) in [6.07, 6.45) is 0.875. The molecule has 1 fully saturated rings. The van der Waals surface area contributed by atoms with Gasteiger partial charge < -0.3 is 19.7 Å². The number of aliphatic carboxylic acids is 1. The van der Waals surface area contributed by atoms with Gasteiger partial charge in [0.05, 0.1) is 25.7 Å². The number of morpholine rings is 1. The highest BCUT2D eigenvalue weighted by atomic mass is 16.5. The van der Waals surface area contributed by atoms with Gasteiger partial charge in [0.15, 0.2) is 0 Å². The molecule has 6 nitrogen and oxygen atoms in total. The number of hydrogen-bond donors (Lipinski definition) is 2. The molecule has 1 aliphatic heterocycles. The quantitative estimate of drug-likeness (QED) is 0.844. The minimum atomic E-state index is -0.912. The summed E-state index contributed by atoms with van der Waals surface area (Å²) < 4.78 is 5.32. The Morgan fingerprint density at radius 1 is 1.20 bits per heavy atom. The van der Waals surface area contributed by atoms with Crippen LogP contribution in [0.2, 0.25) is 0 Å². The number of rotatable bonds is 6. The van der Waals surface area contributed by atoms with Crippen molar-refractivity contribution in [2.45, 2.75) is 25.3 Å². The first-order valence-electron chi connectivity index (χ1n) is 8.46. The third-order valence-electron chi connectivity index (χ3n) is 4.40. The molecule has 0 spiro atoms. The Balaban J connectivity index is 1.58. The molecule has 132 valence electrons. The van der Waals surface area contributed by atoms with Crippen LogP contribution in [0, 0.1) is 0 Å². The van der Waals surface area contributed by atoms with E-state index >= 15 is 0 Å². The number of nitrogens with zero attached hydrogens (tertiary/aromatic N) is 1. The number of ether oxygens (including phenoxy) is 1. The van der Waals surface area contributed by atoms with Crippen LogP contribution in [-0.4, -0.2) is 52.7 Å². The average molecular weight is 342 g/mol. The van der Waals surface area contributed by atoms with E-state index in [-0.39, 0.29) is 18.4 Å². The van der Waals surface area contributed by atoms with Gasteiger partial charge in [-0.2, -0.15) is 0 Å². The van der Waals surface area contributed by atoms with Gasteiger partial charge in [-0.25, -0.2) is 0 Å². The molecule has 25 heavy (non-hydrogen) atoms. The number of benzene rings is 1. The van der Waals surface area contributed by atoms with Crippen molar-refractivity contribution in [1.82, 2.24) is 9.88 Å². The van der Waals surface area contributed by atoms with Crippen LogP contribution >= 0.6 is 0 Å². The Kier molecular flexibility index (Phi) is 5.50. The molecule has 0 unspecified atom stereocenters. The molecule has 2 N–H and O–H groups in total. The summed E-state index contributed by atoms with van der Waals surface area (Å²) in [7, 11) is 0. The van der Waals surface area contributed by atoms with Gasteiger partial charge in [-0.15, -0.1) is 0 Å². The van der Waals surface area contributed by atoms with Crippen LogP contribution in [0.1, 0.15) is 18.5 Å². The van der Waals surface area contributed by atoms with E-state index < -0.39 is 5.97 Å². The molecule has 1 saturated heterocycles. The summed E-state index contributed by atoms with van der Waals surface area (Å²) >= 11 is 0. The van der Waals surface area contributed by atoms with Gasteiger partial charge in [-0.3, -0.25) is 9.59 Å². The lowest BCUT2D eigenvalue weighted by Crippen LogP contribution is -2.49. The standard InChI is InChI=1S/C19H22N2O4/c22-18(21-10-11-25-13-16(21)12-19(23)24)9-7-15-6-8-17(20-15)14-4-2-1-3-5-14/h1-6,8,16,20H,7,9-13H2,(H,23,24)/t16-/m0/s1. The number of nitrogens with one attached hydrogen (secondary N) is 1. The first-order chi connectivity index (χ1) is 12.1. The lowest BCUT2D eigenvalue weighted by Gasteiger charge is -2.34. The fourth-order valence-electron chi connectivity index (χ4n) is 3.11. The van der Waals surface area contributed by atoms with Crippen molar-refractivity contribution < 1.29 is 19.4 Å². The second kappa shape index (κ2) is 7.98. The lowest BCUT2D eigenvalue weighted by molar-refractivity contribution is -0.146. The summed E-state index contributed by atoms with van der Waals surface area (Å²) in [6, 6.07) is 13.6. The second-order valence-electron chi connectivity index (χ2n) is 6.18. The minimum Gasteiger partial charge on any atom is -0.481 e. The van der Waals surface area contributed by atoms with Crippen LogP contribution < -0.4 is 0 Å². The van der Waals surface area contributed by atoms with Gasteiger partial charge in [0, 0.05) is 24.4 Å². The zero-order valence-electron chi connectivity index (χ0n) is 14.0. The van der Waals surface area contributed by atoms with Crippen molar-refractivity contribution in [1.29, 1.82) is 0 Å². The van der Waals surface area contributed by atoms with Crippen molar-refractivity contribution in [2.75, 3.05) is 19.8 Å². The van der Waals surface area contributed by atoms with Crippen LogP contribution in [0.15, 0.2) is 42.5 Å². The molecule has 1 aromatic heterocycles. The molecular formula is C19H22N2O4. The number of carbonyl (C=O) groups is 2. The van der Waals surface area contributed by atoms with Crippen LogP contribution in [0.5, 0.6) is 0 Å². The molecule has 0 bridgehead atoms. The maximum Gasteiger partial charge on any atom is 0.305 e. The monoisotopic (exact) mass is 342 g/mol. The molecule has 1 atom stereocenters. The van der Waals surface area contributed by atoms with Gasteiger partial charge in [0.1, 0.15) is 0 Å². The van der Waals surface area contributed by atoms with Gasteiger partial charge in [-0.05, 0) is 24.1 Å². The number of amides is 1. The van der Waals surface area contributed by atoms with E-state index in [1.165, 1.54) is 0 Å². The molecule has 0 saturated carbocycles. The van der Waals surface area contributed by atoms with Crippen LogP contribution in [0.3, 0.4) is 0 Å².